The quantitative estimate of drug-likeness (QED) is 0.420. The normalized spacial score (nSPS) is 18.2. The van der Waals surface area contributed by atoms with Gasteiger partial charge in [-0.05, 0) is 50.5 Å². The van der Waals surface area contributed by atoms with Crippen molar-refractivity contribution < 1.29 is 9.84 Å². The fourth-order valence-corrected chi connectivity index (χ4v) is 4.40. The Morgan fingerprint density at radius 1 is 1.15 bits per heavy atom. The van der Waals surface area contributed by atoms with Crippen molar-refractivity contribution in [3.63, 3.8) is 0 Å². The number of rotatable bonds is 10. The van der Waals surface area contributed by atoms with E-state index in [0.717, 1.165) is 60.3 Å². The monoisotopic (exact) mass is 465 g/mol. The number of anilines is 2. The molecule has 0 aliphatic carbocycles. The van der Waals surface area contributed by atoms with Crippen molar-refractivity contribution in [2.45, 2.75) is 45.4 Å². The maximum atomic E-state index is 11.2. The molecule has 1 atom stereocenters. The van der Waals surface area contributed by atoms with Crippen molar-refractivity contribution in [1.29, 1.82) is 0 Å². The number of piperidine rings is 1. The summed E-state index contributed by atoms with van der Waals surface area (Å²) in [6.45, 7) is 7.98. The van der Waals surface area contributed by atoms with Crippen LogP contribution in [0.25, 0.3) is 0 Å². The molecule has 4 rings (SSSR count). The number of β-amino-alcohol motifs (C(OH)–C–C–N with tert-alkyl or cyclic N) is 1. The second-order valence-electron chi connectivity index (χ2n) is 9.01. The number of benzene rings is 1. The molecular weight excluding hydrogens is 430 g/mol. The lowest BCUT2D eigenvalue weighted by molar-refractivity contribution is 0.0259. The van der Waals surface area contributed by atoms with Crippen molar-refractivity contribution in [1.82, 2.24) is 25.1 Å². The van der Waals surface area contributed by atoms with Gasteiger partial charge in [-0.1, -0.05) is 12.1 Å². The summed E-state index contributed by atoms with van der Waals surface area (Å²) in [5.74, 6) is 2.46. The molecule has 1 saturated heterocycles. The van der Waals surface area contributed by atoms with Gasteiger partial charge in [0.1, 0.15) is 30.3 Å². The van der Waals surface area contributed by atoms with Crippen molar-refractivity contribution in [2.24, 2.45) is 0 Å². The van der Waals surface area contributed by atoms with Gasteiger partial charge in [-0.3, -0.25) is 4.68 Å². The molecule has 9 heteroatoms. The van der Waals surface area contributed by atoms with Crippen LogP contribution in [0.1, 0.15) is 29.8 Å². The van der Waals surface area contributed by atoms with Crippen molar-refractivity contribution in [2.75, 3.05) is 43.5 Å². The summed E-state index contributed by atoms with van der Waals surface area (Å²) in [4.78, 5) is 10.7. The molecule has 1 aliphatic rings. The first-order chi connectivity index (χ1) is 16.4. The van der Waals surface area contributed by atoms with Crippen LogP contribution in [-0.2, 0) is 13.1 Å². The molecule has 0 radical (unpaired) electrons. The summed E-state index contributed by atoms with van der Waals surface area (Å²) in [5.41, 5.74) is 2.52. The zero-order valence-electron chi connectivity index (χ0n) is 20.3. The Hall–Kier alpha value is -3.17. The third-order valence-electron chi connectivity index (χ3n) is 6.17. The maximum absolute atomic E-state index is 11.2. The van der Waals surface area contributed by atoms with Gasteiger partial charge in [0.2, 0.25) is 0 Å². The number of ether oxygens (including phenoxy) is 1. The number of nitrogens with zero attached hydrogens (tertiary/aromatic N) is 5. The second-order valence-corrected chi connectivity index (χ2v) is 9.01. The Balaban J connectivity index is 1.23. The molecule has 3 heterocycles. The van der Waals surface area contributed by atoms with Crippen LogP contribution in [0.15, 0.2) is 42.7 Å². The molecule has 2 aromatic heterocycles. The van der Waals surface area contributed by atoms with Crippen LogP contribution < -0.4 is 20.3 Å². The Labute approximate surface area is 201 Å². The van der Waals surface area contributed by atoms with E-state index in [1.807, 2.05) is 36.9 Å². The van der Waals surface area contributed by atoms with E-state index in [0.29, 0.717) is 26.2 Å². The lowest BCUT2D eigenvalue weighted by Crippen LogP contribution is -2.53. The largest absolute Gasteiger partial charge is 0.492 e. The number of hydrogen-bond acceptors (Lipinski definition) is 8. The van der Waals surface area contributed by atoms with Crippen LogP contribution in [-0.4, -0.2) is 63.7 Å². The van der Waals surface area contributed by atoms with Gasteiger partial charge in [0, 0.05) is 45.0 Å². The van der Waals surface area contributed by atoms with Crippen LogP contribution >= 0.6 is 0 Å². The summed E-state index contributed by atoms with van der Waals surface area (Å²) in [6, 6.07) is 12.1. The van der Waals surface area contributed by atoms with Gasteiger partial charge in [0.05, 0.1) is 17.8 Å². The highest BCUT2D eigenvalue weighted by Crippen LogP contribution is 2.25. The van der Waals surface area contributed by atoms with Crippen molar-refractivity contribution in [3.8, 4) is 5.75 Å². The average molecular weight is 466 g/mol. The van der Waals surface area contributed by atoms with Crippen molar-refractivity contribution in [3.05, 3.63) is 59.7 Å². The molecular formula is C25H35N7O2. The first kappa shape index (κ1) is 24.0. The van der Waals surface area contributed by atoms with Crippen LogP contribution in [0.4, 0.5) is 11.6 Å². The van der Waals surface area contributed by atoms with E-state index in [1.54, 1.807) is 6.33 Å². The summed E-state index contributed by atoms with van der Waals surface area (Å²) < 4.78 is 7.84. The zero-order valence-corrected chi connectivity index (χ0v) is 20.3. The minimum Gasteiger partial charge on any atom is -0.492 e. The molecule has 1 unspecified atom stereocenters. The molecule has 1 aliphatic heterocycles. The molecule has 34 heavy (non-hydrogen) atoms. The van der Waals surface area contributed by atoms with Crippen LogP contribution in [0.3, 0.4) is 0 Å². The van der Waals surface area contributed by atoms with Gasteiger partial charge in [-0.15, -0.1) is 0 Å². The molecule has 0 spiro atoms. The molecule has 0 saturated carbocycles. The smallest absolute Gasteiger partial charge is 0.134 e. The molecule has 0 amide bonds. The Kier molecular flexibility index (Phi) is 7.64. The molecule has 182 valence electrons. The SMILES string of the molecule is CNc1cc(N2CCCC(O)(CNCc3ccc(OCCn4nc(C)cc4C)cc3)C2)ncn1. The highest BCUT2D eigenvalue weighted by atomic mass is 16.5. The maximum Gasteiger partial charge on any atom is 0.134 e. The van der Waals surface area contributed by atoms with Gasteiger partial charge in [-0.2, -0.15) is 5.10 Å². The van der Waals surface area contributed by atoms with E-state index in [1.165, 1.54) is 0 Å². The predicted octanol–water partition coefficient (Wildman–Crippen LogP) is 2.53. The Morgan fingerprint density at radius 3 is 2.71 bits per heavy atom. The first-order valence-corrected chi connectivity index (χ1v) is 11.8. The molecule has 3 N–H and O–H groups in total. The van der Waals surface area contributed by atoms with E-state index < -0.39 is 5.60 Å². The molecule has 1 aromatic carbocycles. The van der Waals surface area contributed by atoms with Crippen molar-refractivity contribution >= 4 is 11.6 Å². The highest BCUT2D eigenvalue weighted by Gasteiger charge is 2.33. The van der Waals surface area contributed by atoms with Crippen LogP contribution in [0.5, 0.6) is 5.75 Å². The summed E-state index contributed by atoms with van der Waals surface area (Å²) >= 11 is 0. The fourth-order valence-electron chi connectivity index (χ4n) is 4.40. The summed E-state index contributed by atoms with van der Waals surface area (Å²) in [7, 11) is 1.84. The number of nitrogens with one attached hydrogen (secondary N) is 2. The molecule has 3 aromatic rings. The van der Waals surface area contributed by atoms with Crippen LogP contribution in [0.2, 0.25) is 0 Å². The third kappa shape index (κ3) is 6.24. The van der Waals surface area contributed by atoms with E-state index in [2.05, 4.69) is 55.7 Å². The average Bonchev–Trinajstić information content (AvgIpc) is 3.16. The number of aryl methyl sites for hydroxylation is 2. The number of aliphatic hydroxyl groups is 1. The fraction of sp³-hybridized carbons (Fsp3) is 0.480. The predicted molar refractivity (Wildman–Crippen MR) is 133 cm³/mol. The molecule has 0 bridgehead atoms. The zero-order chi connectivity index (χ0) is 24.0. The minimum absolute atomic E-state index is 0.522. The topological polar surface area (TPSA) is 100 Å². The lowest BCUT2D eigenvalue weighted by atomic mass is 9.92. The highest BCUT2D eigenvalue weighted by molar-refractivity contribution is 5.48. The van der Waals surface area contributed by atoms with Gasteiger partial charge in [0.15, 0.2) is 0 Å². The second kappa shape index (κ2) is 10.8. The van der Waals surface area contributed by atoms with E-state index in [-0.39, 0.29) is 0 Å². The van der Waals surface area contributed by atoms with Gasteiger partial charge < -0.3 is 25.4 Å². The summed E-state index contributed by atoms with van der Waals surface area (Å²) in [5, 5.41) is 22.1. The molecule has 1 fully saturated rings. The van der Waals surface area contributed by atoms with Gasteiger partial charge in [-0.25, -0.2) is 9.97 Å². The van der Waals surface area contributed by atoms with Gasteiger partial charge >= 0.3 is 0 Å². The molecule has 9 nitrogen and oxygen atoms in total. The van der Waals surface area contributed by atoms with Gasteiger partial charge in [0.25, 0.3) is 0 Å². The van der Waals surface area contributed by atoms with E-state index in [4.69, 9.17) is 4.74 Å². The Bertz CT molecular complexity index is 1070. The Morgan fingerprint density at radius 2 is 1.97 bits per heavy atom. The van der Waals surface area contributed by atoms with Crippen LogP contribution in [0, 0.1) is 13.8 Å². The lowest BCUT2D eigenvalue weighted by Gasteiger charge is -2.40. The number of aromatic nitrogens is 4. The third-order valence-corrected chi connectivity index (χ3v) is 6.17. The number of hydrogen-bond donors (Lipinski definition) is 3. The van der Waals surface area contributed by atoms with E-state index >= 15 is 0 Å². The summed E-state index contributed by atoms with van der Waals surface area (Å²) in [6.07, 6.45) is 3.24. The van der Waals surface area contributed by atoms with E-state index in [9.17, 15) is 5.11 Å². The minimum atomic E-state index is -0.797. The standard InChI is InChI=1S/C25H35N7O2/c1-19-13-20(2)32(30-19)11-12-34-22-7-5-21(6-8-22)15-27-16-25(33)9-4-10-31(17-25)24-14-23(26-3)28-18-29-24/h5-8,13-14,18,27,33H,4,9-12,15-17H2,1-3H3,(H,26,28,29). The first-order valence-electron chi connectivity index (χ1n) is 11.8.